The van der Waals surface area contributed by atoms with Crippen molar-refractivity contribution < 1.29 is 58.2 Å². The minimum atomic E-state index is -1.93. The number of ether oxygens (including phenoxy) is 5. The molecule has 1 heterocycles. The number of carbonyl (C=O) groups is 4. The first-order chi connectivity index (χ1) is 36.6. The van der Waals surface area contributed by atoms with Gasteiger partial charge in [0, 0.05) is 19.3 Å². The van der Waals surface area contributed by atoms with Crippen LogP contribution in [0.1, 0.15) is 201 Å². The number of carboxylic acid groups (broad SMARTS) is 1. The number of allylic oxidation sites excluding steroid dienone is 20. The highest BCUT2D eigenvalue weighted by molar-refractivity contribution is 5.74. The third-order valence-corrected chi connectivity index (χ3v) is 12.0. The fraction of sp³-hybridized carbons (Fsp3) is 0.619. The Hall–Kier alpha value is -4.88. The fourth-order valence-corrected chi connectivity index (χ4v) is 7.76. The average Bonchev–Trinajstić information content (AvgIpc) is 3.39. The molecule has 0 bridgehead atoms. The van der Waals surface area contributed by atoms with Crippen LogP contribution in [0.5, 0.6) is 0 Å². The van der Waals surface area contributed by atoms with Gasteiger partial charge in [0.05, 0.1) is 6.61 Å². The Morgan fingerprint density at radius 3 is 1.27 bits per heavy atom. The molecule has 0 saturated carbocycles. The summed E-state index contributed by atoms with van der Waals surface area (Å²) in [5, 5.41) is 31.5. The zero-order chi connectivity index (χ0) is 54.7. The lowest BCUT2D eigenvalue weighted by Gasteiger charge is -2.40. The van der Waals surface area contributed by atoms with Crippen molar-refractivity contribution in [2.75, 3.05) is 13.2 Å². The van der Waals surface area contributed by atoms with Crippen molar-refractivity contribution in [1.82, 2.24) is 0 Å². The Balaban J connectivity index is 2.75. The topological polar surface area (TPSA) is 175 Å². The van der Waals surface area contributed by atoms with Gasteiger partial charge in [-0.1, -0.05) is 194 Å². The summed E-state index contributed by atoms with van der Waals surface area (Å²) in [4.78, 5) is 51.0. The third kappa shape index (κ3) is 40.1. The van der Waals surface area contributed by atoms with Gasteiger partial charge in [-0.05, 0) is 109 Å². The fourth-order valence-electron chi connectivity index (χ4n) is 7.76. The van der Waals surface area contributed by atoms with Crippen molar-refractivity contribution in [3.8, 4) is 0 Å². The molecule has 0 aromatic heterocycles. The zero-order valence-electron chi connectivity index (χ0n) is 46.2. The van der Waals surface area contributed by atoms with E-state index in [1.54, 1.807) is 0 Å². The van der Waals surface area contributed by atoms with Crippen LogP contribution in [0.2, 0.25) is 0 Å². The molecule has 1 aliphatic heterocycles. The minimum absolute atomic E-state index is 0.0301. The van der Waals surface area contributed by atoms with Crippen molar-refractivity contribution in [2.24, 2.45) is 0 Å². The highest BCUT2D eigenvalue weighted by Gasteiger charge is 2.50. The maximum atomic E-state index is 13.1. The molecule has 75 heavy (non-hydrogen) atoms. The van der Waals surface area contributed by atoms with Crippen molar-refractivity contribution >= 4 is 23.9 Å². The molecule has 1 saturated heterocycles. The summed E-state index contributed by atoms with van der Waals surface area (Å²) >= 11 is 0. The Morgan fingerprint density at radius 1 is 0.440 bits per heavy atom. The van der Waals surface area contributed by atoms with Gasteiger partial charge in [-0.3, -0.25) is 14.4 Å². The normalized spacial score (nSPS) is 19.1. The molecule has 12 nitrogen and oxygen atoms in total. The van der Waals surface area contributed by atoms with Crippen LogP contribution in [0.3, 0.4) is 0 Å². The van der Waals surface area contributed by atoms with E-state index >= 15 is 0 Å². The summed E-state index contributed by atoms with van der Waals surface area (Å²) in [5.41, 5.74) is 0. The first-order valence-corrected chi connectivity index (χ1v) is 28.5. The Labute approximate surface area is 452 Å². The summed E-state index contributed by atoms with van der Waals surface area (Å²) < 4.78 is 28.3. The van der Waals surface area contributed by atoms with Crippen LogP contribution in [0.4, 0.5) is 0 Å². The number of aliphatic hydroxyl groups excluding tert-OH is 2. The van der Waals surface area contributed by atoms with Gasteiger partial charge < -0.3 is 39.0 Å². The lowest BCUT2D eigenvalue weighted by atomic mass is 9.98. The number of unbranched alkanes of at least 4 members (excludes halogenated alkanes) is 12. The number of rotatable bonds is 46. The summed E-state index contributed by atoms with van der Waals surface area (Å²) in [7, 11) is 0. The van der Waals surface area contributed by atoms with E-state index in [0.29, 0.717) is 25.7 Å². The van der Waals surface area contributed by atoms with Crippen LogP contribution >= 0.6 is 0 Å². The first kappa shape index (κ1) is 68.1. The van der Waals surface area contributed by atoms with Crippen LogP contribution in [0.15, 0.2) is 122 Å². The molecular weight excluding hydrogens is 949 g/mol. The van der Waals surface area contributed by atoms with Gasteiger partial charge >= 0.3 is 23.9 Å². The number of hydrogen-bond donors (Lipinski definition) is 3. The van der Waals surface area contributed by atoms with E-state index in [4.69, 9.17) is 23.7 Å². The summed E-state index contributed by atoms with van der Waals surface area (Å²) in [6.07, 6.45) is 56.2. The van der Waals surface area contributed by atoms with E-state index in [1.165, 1.54) is 0 Å². The number of aliphatic hydroxyl groups is 2. The molecule has 0 amide bonds. The van der Waals surface area contributed by atoms with Crippen LogP contribution in [-0.2, 0) is 42.9 Å². The molecule has 0 radical (unpaired) electrons. The largest absolute Gasteiger partial charge is 0.479 e. The van der Waals surface area contributed by atoms with Gasteiger partial charge in [0.15, 0.2) is 24.6 Å². The Bertz CT molecular complexity index is 1770. The molecule has 12 heteroatoms. The van der Waals surface area contributed by atoms with E-state index in [0.717, 1.165) is 135 Å². The molecule has 1 rings (SSSR count). The highest BCUT2D eigenvalue weighted by atomic mass is 16.7. The van der Waals surface area contributed by atoms with Gasteiger partial charge in [-0.25, -0.2) is 4.79 Å². The van der Waals surface area contributed by atoms with Crippen molar-refractivity contribution in [1.29, 1.82) is 0 Å². The molecule has 6 atom stereocenters. The Kier molecular flexibility index (Phi) is 45.4. The molecule has 422 valence electrons. The van der Waals surface area contributed by atoms with Crippen LogP contribution < -0.4 is 0 Å². The quantitative estimate of drug-likeness (QED) is 0.0228. The van der Waals surface area contributed by atoms with Crippen LogP contribution in [-0.4, -0.2) is 89.2 Å². The average molecular weight is 1050 g/mol. The molecule has 0 aliphatic carbocycles. The van der Waals surface area contributed by atoms with Crippen LogP contribution in [0, 0.1) is 0 Å². The van der Waals surface area contributed by atoms with E-state index in [-0.39, 0.29) is 25.9 Å². The maximum Gasteiger partial charge on any atom is 0.335 e. The molecule has 1 fully saturated rings. The van der Waals surface area contributed by atoms with Gasteiger partial charge in [0.25, 0.3) is 0 Å². The number of carbonyl (C=O) groups excluding carboxylic acids is 3. The predicted molar refractivity (Wildman–Crippen MR) is 303 cm³/mol. The lowest BCUT2D eigenvalue weighted by molar-refractivity contribution is -0.301. The second-order valence-electron chi connectivity index (χ2n) is 18.8. The molecule has 0 aromatic carbocycles. The number of aliphatic carboxylic acids is 1. The summed E-state index contributed by atoms with van der Waals surface area (Å²) in [5.74, 6) is -3.28. The molecule has 6 unspecified atom stereocenters. The highest BCUT2D eigenvalue weighted by Crippen LogP contribution is 2.26. The van der Waals surface area contributed by atoms with Crippen LogP contribution in [0.25, 0.3) is 0 Å². The lowest BCUT2D eigenvalue weighted by Crippen LogP contribution is -2.61. The van der Waals surface area contributed by atoms with E-state index < -0.39 is 67.3 Å². The molecule has 1 aliphatic rings. The standard InChI is InChI=1S/C63H98O12/c1-4-7-10-13-16-19-22-25-27-28-30-33-36-39-42-45-48-51-57(66)74-61-59(68)58(67)60(62(69)70)75-63(61)72-53-54(73-56(65)50-47-44-41-38-35-31-24-21-18-15-12-9-6-3)52-71-55(64)49-46-43-40-37-34-32-29-26-23-20-17-14-11-8-5-2/h7-12,16-21,25-27,29,31,35,41,44,54,58-61,63,67-68H,4-6,13-15,22-24,28,30,32-34,36-40,42-43,45-53H2,1-3H3,(H,69,70)/b10-7-,11-8-,12-9-,19-16-,20-17-,21-18-,27-25-,29-26-,35-31-,44-41-. The molecule has 3 N–H and O–H groups in total. The number of carboxylic acids is 1. The minimum Gasteiger partial charge on any atom is -0.479 e. The summed E-state index contributed by atoms with van der Waals surface area (Å²) in [6.45, 7) is 5.55. The second kappa shape index (κ2) is 50.0. The van der Waals surface area contributed by atoms with E-state index in [9.17, 15) is 34.5 Å². The van der Waals surface area contributed by atoms with Gasteiger partial charge in [0.1, 0.15) is 18.8 Å². The monoisotopic (exact) mass is 1050 g/mol. The zero-order valence-corrected chi connectivity index (χ0v) is 46.2. The smallest absolute Gasteiger partial charge is 0.335 e. The van der Waals surface area contributed by atoms with Gasteiger partial charge in [-0.2, -0.15) is 0 Å². The molecule has 0 spiro atoms. The third-order valence-electron chi connectivity index (χ3n) is 12.0. The van der Waals surface area contributed by atoms with Crippen molar-refractivity contribution in [2.45, 2.75) is 237 Å². The Morgan fingerprint density at radius 2 is 0.827 bits per heavy atom. The van der Waals surface area contributed by atoms with E-state index in [1.807, 2.05) is 12.2 Å². The first-order valence-electron chi connectivity index (χ1n) is 28.5. The SMILES string of the molecule is CC/C=C\C/C=C\C/C=C\C/C=C\CCC(=O)OC(COC(=O)CCCCCCC/C=C\C/C=C\C/C=C\CC)COC1OC(C(=O)O)C(O)C(O)C1OC(=O)CCCCCCCCC/C=C\C/C=C\C/C=C\CC. The van der Waals surface area contributed by atoms with Gasteiger partial charge in [0.2, 0.25) is 0 Å². The summed E-state index contributed by atoms with van der Waals surface area (Å²) in [6, 6.07) is 0. The van der Waals surface area contributed by atoms with E-state index in [2.05, 4.69) is 130 Å². The maximum absolute atomic E-state index is 13.1. The molecule has 0 aromatic rings. The second-order valence-corrected chi connectivity index (χ2v) is 18.8. The predicted octanol–water partition coefficient (Wildman–Crippen LogP) is 14.4. The molecular formula is C63H98O12. The number of esters is 3. The van der Waals surface area contributed by atoms with Crippen molar-refractivity contribution in [3.63, 3.8) is 0 Å². The van der Waals surface area contributed by atoms with Crippen molar-refractivity contribution in [3.05, 3.63) is 122 Å². The van der Waals surface area contributed by atoms with Gasteiger partial charge in [-0.15, -0.1) is 0 Å². The number of hydrogen-bond acceptors (Lipinski definition) is 11.